The van der Waals surface area contributed by atoms with Crippen LogP contribution in [0, 0.1) is 0 Å². The van der Waals surface area contributed by atoms with Crippen molar-refractivity contribution in [3.05, 3.63) is 0 Å². The van der Waals surface area contributed by atoms with Gasteiger partial charge in [-0.2, -0.15) is 5.12 Å². The molecule has 0 aromatic rings. The third-order valence-corrected chi connectivity index (χ3v) is 2.99. The van der Waals surface area contributed by atoms with Crippen LogP contribution in [0.1, 0.15) is 38.5 Å². The van der Waals surface area contributed by atoms with Gasteiger partial charge in [-0.25, -0.2) is 4.79 Å². The first-order chi connectivity index (χ1) is 9.45. The first kappa shape index (κ1) is 18.8. The van der Waals surface area contributed by atoms with Crippen LogP contribution in [0.25, 0.3) is 0 Å². The number of rotatable bonds is 11. The lowest BCUT2D eigenvalue weighted by atomic mass is 10.1. The summed E-state index contributed by atoms with van der Waals surface area (Å²) in [5, 5.41) is 8.71. The maximum absolute atomic E-state index is 13.9. The predicted molar refractivity (Wildman–Crippen MR) is 73.2 cm³/mol. The first-order valence-corrected chi connectivity index (χ1v) is 6.83. The zero-order chi connectivity index (χ0) is 15.5. The van der Waals surface area contributed by atoms with Crippen molar-refractivity contribution in [2.45, 2.75) is 50.6 Å². The van der Waals surface area contributed by atoms with E-state index in [1.807, 2.05) is 0 Å². The number of carbonyl (C=O) groups excluding carboxylic acids is 1. The third kappa shape index (κ3) is 6.78. The van der Waals surface area contributed by atoms with Crippen molar-refractivity contribution < 1.29 is 19.2 Å². The minimum atomic E-state index is -1.50. The molecular weight excluding hydrogens is 267 g/mol. The Morgan fingerprint density at radius 1 is 1.05 bits per heavy atom. The molecule has 118 valence electrons. The third-order valence-electron chi connectivity index (χ3n) is 2.99. The molecule has 2 atom stereocenters. The number of hydrogen-bond donors (Lipinski definition) is 4. The highest BCUT2D eigenvalue weighted by Gasteiger charge is 2.32. The minimum absolute atomic E-state index is 0.0181. The van der Waals surface area contributed by atoms with Crippen molar-refractivity contribution in [1.82, 2.24) is 5.12 Å². The quantitative estimate of drug-likeness (QED) is 0.306. The van der Waals surface area contributed by atoms with Crippen molar-refractivity contribution in [1.29, 1.82) is 0 Å². The zero-order valence-corrected chi connectivity index (χ0v) is 11.6. The molecule has 0 fully saturated rings. The SMILES string of the molecule is NCCCC[C@H](N)C(=O)N(F)[C@@H](CCCCN)C(=O)O. The van der Waals surface area contributed by atoms with E-state index in [9.17, 15) is 14.1 Å². The molecule has 7 N–H and O–H groups in total. The standard InChI is InChI=1S/C12H25FN4O3/c13-17(10(12(19)20)6-2-4-8-15)11(18)9(16)5-1-3-7-14/h9-10H,1-8,14-16H2,(H,19,20)/t9-,10-/m0/s1. The average molecular weight is 292 g/mol. The molecular formula is C12H25FN4O3. The van der Waals surface area contributed by atoms with Crippen LogP contribution in [-0.4, -0.2) is 47.3 Å². The summed E-state index contributed by atoms with van der Waals surface area (Å²) in [6.07, 6.45) is 2.60. The lowest BCUT2D eigenvalue weighted by Gasteiger charge is -2.22. The van der Waals surface area contributed by atoms with Crippen molar-refractivity contribution in [2.24, 2.45) is 17.2 Å². The van der Waals surface area contributed by atoms with E-state index < -0.39 is 24.0 Å². The van der Waals surface area contributed by atoms with Gasteiger partial charge in [-0.05, 0) is 45.2 Å². The number of aliphatic carboxylic acids is 1. The van der Waals surface area contributed by atoms with Gasteiger partial charge in [-0.1, -0.05) is 10.9 Å². The molecule has 1 amide bonds. The molecule has 0 bridgehead atoms. The van der Waals surface area contributed by atoms with E-state index in [4.69, 9.17) is 22.3 Å². The fourth-order valence-electron chi connectivity index (χ4n) is 1.76. The Bertz CT molecular complexity index is 304. The summed E-state index contributed by atoms with van der Waals surface area (Å²) in [6.45, 7) is 0.863. The molecule has 0 saturated heterocycles. The van der Waals surface area contributed by atoms with Crippen molar-refractivity contribution >= 4 is 11.9 Å². The van der Waals surface area contributed by atoms with Gasteiger partial charge in [0.25, 0.3) is 5.91 Å². The number of unbranched alkanes of at least 4 members (excludes halogenated alkanes) is 2. The summed E-state index contributed by atoms with van der Waals surface area (Å²) < 4.78 is 13.9. The Kier molecular flexibility index (Phi) is 9.87. The molecule has 0 heterocycles. The maximum Gasteiger partial charge on any atom is 0.329 e. The predicted octanol–water partition coefficient (Wildman–Crippen LogP) is -0.262. The smallest absolute Gasteiger partial charge is 0.329 e. The van der Waals surface area contributed by atoms with E-state index in [0.717, 1.165) is 0 Å². The van der Waals surface area contributed by atoms with Crippen LogP contribution in [0.15, 0.2) is 0 Å². The largest absolute Gasteiger partial charge is 0.480 e. The highest BCUT2D eigenvalue weighted by molar-refractivity contribution is 5.85. The number of nitrogens with two attached hydrogens (primary N) is 3. The minimum Gasteiger partial charge on any atom is -0.480 e. The molecule has 0 aromatic heterocycles. The van der Waals surface area contributed by atoms with E-state index >= 15 is 0 Å². The lowest BCUT2D eigenvalue weighted by Crippen LogP contribution is -2.47. The number of hydrogen-bond acceptors (Lipinski definition) is 5. The van der Waals surface area contributed by atoms with E-state index in [0.29, 0.717) is 38.8 Å². The van der Waals surface area contributed by atoms with Gasteiger partial charge >= 0.3 is 5.97 Å². The van der Waals surface area contributed by atoms with E-state index in [2.05, 4.69) is 0 Å². The molecule has 7 nitrogen and oxygen atoms in total. The molecule has 0 aliphatic heterocycles. The Hall–Kier alpha value is -1.25. The average Bonchev–Trinajstić information content (AvgIpc) is 2.41. The van der Waals surface area contributed by atoms with Gasteiger partial charge in [0.2, 0.25) is 0 Å². The highest BCUT2D eigenvalue weighted by atomic mass is 19.2. The molecule has 20 heavy (non-hydrogen) atoms. The molecule has 0 aliphatic carbocycles. The van der Waals surface area contributed by atoms with Gasteiger partial charge in [0.05, 0.1) is 6.04 Å². The molecule has 0 unspecified atom stereocenters. The van der Waals surface area contributed by atoms with Gasteiger partial charge in [0, 0.05) is 0 Å². The zero-order valence-electron chi connectivity index (χ0n) is 11.6. The Morgan fingerprint density at radius 2 is 1.55 bits per heavy atom. The molecule has 0 aromatic carbocycles. The molecule has 0 aliphatic rings. The highest BCUT2D eigenvalue weighted by Crippen LogP contribution is 2.13. The monoisotopic (exact) mass is 292 g/mol. The molecule has 0 radical (unpaired) electrons. The molecule has 0 rings (SSSR count). The van der Waals surface area contributed by atoms with Crippen molar-refractivity contribution in [3.8, 4) is 0 Å². The summed E-state index contributed by atoms with van der Waals surface area (Å²) in [6, 6.07) is -2.54. The molecule has 0 saturated carbocycles. The summed E-state index contributed by atoms with van der Waals surface area (Å²) in [5.41, 5.74) is 16.2. The lowest BCUT2D eigenvalue weighted by molar-refractivity contribution is -0.167. The fourth-order valence-corrected chi connectivity index (χ4v) is 1.76. The molecule has 0 spiro atoms. The van der Waals surface area contributed by atoms with Gasteiger partial charge in [0.15, 0.2) is 6.04 Å². The summed E-state index contributed by atoms with van der Waals surface area (Å²) in [4.78, 5) is 22.7. The molecule has 8 heteroatoms. The normalized spacial score (nSPS) is 13.8. The van der Waals surface area contributed by atoms with Crippen LogP contribution in [0.4, 0.5) is 4.48 Å². The van der Waals surface area contributed by atoms with Gasteiger partial charge in [-0.15, -0.1) is 0 Å². The van der Waals surface area contributed by atoms with Crippen LogP contribution in [0.5, 0.6) is 0 Å². The first-order valence-electron chi connectivity index (χ1n) is 6.83. The van der Waals surface area contributed by atoms with Crippen molar-refractivity contribution in [3.63, 3.8) is 0 Å². The fraction of sp³-hybridized carbons (Fsp3) is 0.833. The Labute approximate surface area is 118 Å². The second-order valence-corrected chi connectivity index (χ2v) is 4.68. The topological polar surface area (TPSA) is 136 Å². The number of carboxylic acids is 1. The van der Waals surface area contributed by atoms with Crippen molar-refractivity contribution in [2.75, 3.05) is 13.1 Å². The number of amides is 1. The summed E-state index contributed by atoms with van der Waals surface area (Å²) in [7, 11) is 0. The number of nitrogens with zero attached hydrogens (tertiary/aromatic N) is 1. The second kappa shape index (κ2) is 10.5. The Balaban J connectivity index is 4.42. The van der Waals surface area contributed by atoms with Crippen LogP contribution < -0.4 is 17.2 Å². The number of carbonyl (C=O) groups is 2. The second-order valence-electron chi connectivity index (χ2n) is 4.68. The summed E-state index contributed by atoms with van der Waals surface area (Å²) in [5.74, 6) is -2.38. The van der Waals surface area contributed by atoms with E-state index in [1.165, 1.54) is 0 Å². The maximum atomic E-state index is 13.9. The van der Waals surface area contributed by atoms with Gasteiger partial charge in [0.1, 0.15) is 0 Å². The van der Waals surface area contributed by atoms with Gasteiger partial charge < -0.3 is 22.3 Å². The van der Waals surface area contributed by atoms with Crippen LogP contribution in [0.2, 0.25) is 0 Å². The van der Waals surface area contributed by atoms with Gasteiger partial charge in [-0.3, -0.25) is 4.79 Å². The van der Waals surface area contributed by atoms with E-state index in [1.54, 1.807) is 0 Å². The summed E-state index contributed by atoms with van der Waals surface area (Å²) >= 11 is 0. The number of halogens is 1. The van der Waals surface area contributed by atoms with E-state index in [-0.39, 0.29) is 18.0 Å². The Morgan fingerprint density at radius 3 is 2.00 bits per heavy atom. The van der Waals surface area contributed by atoms with Crippen LogP contribution in [0.3, 0.4) is 0 Å². The van der Waals surface area contributed by atoms with Crippen LogP contribution >= 0.6 is 0 Å². The number of carboxylic acid groups (broad SMARTS) is 1. The van der Waals surface area contributed by atoms with Crippen LogP contribution in [-0.2, 0) is 9.59 Å².